The fraction of sp³-hybridized carbons (Fsp3) is 0.111. The van der Waals surface area contributed by atoms with Crippen molar-refractivity contribution < 1.29 is 9.59 Å². The molecular weight excluding hydrogens is 469 g/mol. The van der Waals surface area contributed by atoms with Gasteiger partial charge in [-0.05, 0) is 42.3 Å². The third-order valence-corrected chi connectivity index (χ3v) is 6.49. The Kier molecular flexibility index (Phi) is 5.90. The minimum absolute atomic E-state index is 0.221. The first-order valence-electron chi connectivity index (χ1n) is 10.8. The summed E-state index contributed by atoms with van der Waals surface area (Å²) in [6.45, 7) is 2.76. The summed E-state index contributed by atoms with van der Waals surface area (Å²) in [5.41, 5.74) is 5.03. The quantitative estimate of drug-likeness (QED) is 0.260. The average Bonchev–Trinajstić information content (AvgIpc) is 3.29. The Labute approximate surface area is 207 Å². The molecule has 0 radical (unpaired) electrons. The molecular formula is C27H21Cl2N3O2. The van der Waals surface area contributed by atoms with Crippen LogP contribution in [0.2, 0.25) is 10.0 Å². The van der Waals surface area contributed by atoms with Crippen LogP contribution < -0.4 is 5.32 Å². The fourth-order valence-electron chi connectivity index (χ4n) is 4.10. The summed E-state index contributed by atoms with van der Waals surface area (Å²) in [5.74, 6) is -0.344. The van der Waals surface area contributed by atoms with E-state index in [9.17, 15) is 9.59 Å². The van der Waals surface area contributed by atoms with Gasteiger partial charge in [-0.2, -0.15) is 0 Å². The number of nitrogens with zero attached hydrogens (tertiary/aromatic N) is 2. The van der Waals surface area contributed by atoms with Gasteiger partial charge in [-0.15, -0.1) is 0 Å². The van der Waals surface area contributed by atoms with E-state index < -0.39 is 6.03 Å². The number of fused-ring (bicyclic) bond motifs is 1. The van der Waals surface area contributed by atoms with E-state index in [-0.39, 0.29) is 18.1 Å². The molecule has 0 saturated carbocycles. The summed E-state index contributed by atoms with van der Waals surface area (Å²) in [4.78, 5) is 26.8. The predicted molar refractivity (Wildman–Crippen MR) is 136 cm³/mol. The highest BCUT2D eigenvalue weighted by atomic mass is 35.5. The topological polar surface area (TPSA) is 54.3 Å². The molecule has 5 rings (SSSR count). The summed E-state index contributed by atoms with van der Waals surface area (Å²) in [7, 11) is 0. The van der Waals surface area contributed by atoms with Gasteiger partial charge in [-0.25, -0.2) is 4.79 Å². The number of benzene rings is 3. The van der Waals surface area contributed by atoms with Gasteiger partial charge < -0.3 is 9.88 Å². The molecule has 1 aliphatic rings. The minimum Gasteiger partial charge on any atom is -0.342 e. The monoisotopic (exact) mass is 489 g/mol. The highest BCUT2D eigenvalue weighted by Gasteiger charge is 2.33. The first-order chi connectivity index (χ1) is 16.4. The fourth-order valence-corrected chi connectivity index (χ4v) is 4.57. The van der Waals surface area contributed by atoms with Crippen molar-refractivity contribution in [3.63, 3.8) is 0 Å². The standard InChI is InChI=1S/C27H21Cl2N3O2/c1-17-6-8-18(9-7-17)14-32-26(33)24(30-27(32)34)12-20-16-31(25-5-3-2-4-22(20)25)15-19-10-11-21(28)13-23(19)29/h2-13,16H,14-15H2,1H3,(H,30,34)/b24-12+. The van der Waals surface area contributed by atoms with Crippen LogP contribution in [0.5, 0.6) is 0 Å². The average molecular weight is 490 g/mol. The maximum atomic E-state index is 13.0. The van der Waals surface area contributed by atoms with Gasteiger partial charge in [0.25, 0.3) is 5.91 Å². The van der Waals surface area contributed by atoms with E-state index in [4.69, 9.17) is 23.2 Å². The first kappa shape index (κ1) is 22.3. The maximum absolute atomic E-state index is 13.0. The van der Waals surface area contributed by atoms with Crippen molar-refractivity contribution in [2.75, 3.05) is 0 Å². The van der Waals surface area contributed by atoms with Crippen molar-refractivity contribution in [1.82, 2.24) is 14.8 Å². The van der Waals surface area contributed by atoms with Crippen LogP contribution in [0.25, 0.3) is 17.0 Å². The molecule has 1 fully saturated rings. The number of carbonyl (C=O) groups is 2. The lowest BCUT2D eigenvalue weighted by atomic mass is 10.1. The molecule has 0 unspecified atom stereocenters. The Morgan fingerprint density at radius 3 is 2.47 bits per heavy atom. The molecule has 3 amide bonds. The molecule has 5 nitrogen and oxygen atoms in total. The van der Waals surface area contributed by atoms with Crippen LogP contribution in [0.3, 0.4) is 0 Å². The van der Waals surface area contributed by atoms with E-state index in [1.165, 1.54) is 4.90 Å². The van der Waals surface area contributed by atoms with E-state index in [2.05, 4.69) is 9.88 Å². The molecule has 0 bridgehead atoms. The Morgan fingerprint density at radius 2 is 1.71 bits per heavy atom. The number of hydrogen-bond donors (Lipinski definition) is 1. The molecule has 0 spiro atoms. The van der Waals surface area contributed by atoms with Gasteiger partial charge in [0.05, 0.1) is 6.54 Å². The van der Waals surface area contributed by atoms with Crippen LogP contribution in [-0.4, -0.2) is 21.4 Å². The molecule has 1 aliphatic heterocycles. The lowest BCUT2D eigenvalue weighted by Crippen LogP contribution is -2.30. The predicted octanol–water partition coefficient (Wildman–Crippen LogP) is 6.40. The molecule has 4 aromatic rings. The number of nitrogens with one attached hydrogen (secondary N) is 1. The Morgan fingerprint density at radius 1 is 0.941 bits per heavy atom. The molecule has 2 heterocycles. The van der Waals surface area contributed by atoms with E-state index in [0.29, 0.717) is 16.6 Å². The molecule has 0 aliphatic carbocycles. The number of aryl methyl sites for hydroxylation is 1. The first-order valence-corrected chi connectivity index (χ1v) is 11.6. The van der Waals surface area contributed by atoms with Gasteiger partial charge in [0.15, 0.2) is 0 Å². The van der Waals surface area contributed by atoms with Crippen molar-refractivity contribution in [2.24, 2.45) is 0 Å². The van der Waals surface area contributed by atoms with Crippen molar-refractivity contribution in [1.29, 1.82) is 0 Å². The van der Waals surface area contributed by atoms with Gasteiger partial charge in [-0.3, -0.25) is 9.69 Å². The zero-order valence-corrected chi connectivity index (χ0v) is 19.9. The second kappa shape index (κ2) is 9.01. The van der Waals surface area contributed by atoms with Crippen molar-refractivity contribution in [2.45, 2.75) is 20.0 Å². The summed E-state index contributed by atoms with van der Waals surface area (Å²) < 4.78 is 2.07. The van der Waals surface area contributed by atoms with Gasteiger partial charge in [0, 0.05) is 39.3 Å². The van der Waals surface area contributed by atoms with E-state index in [1.807, 2.05) is 73.8 Å². The largest absolute Gasteiger partial charge is 0.342 e. The zero-order chi connectivity index (χ0) is 23.8. The number of rotatable bonds is 5. The number of urea groups is 1. The lowest BCUT2D eigenvalue weighted by Gasteiger charge is -2.11. The van der Waals surface area contributed by atoms with Crippen molar-refractivity contribution in [3.8, 4) is 0 Å². The van der Waals surface area contributed by atoms with Gasteiger partial charge in [-0.1, -0.05) is 77.3 Å². The highest BCUT2D eigenvalue weighted by molar-refractivity contribution is 6.35. The molecule has 1 N–H and O–H groups in total. The number of hydrogen-bond acceptors (Lipinski definition) is 2. The van der Waals surface area contributed by atoms with E-state index >= 15 is 0 Å². The molecule has 3 aromatic carbocycles. The van der Waals surface area contributed by atoms with Crippen molar-refractivity contribution >= 4 is 52.1 Å². The van der Waals surface area contributed by atoms with E-state index in [1.54, 1.807) is 12.1 Å². The zero-order valence-electron chi connectivity index (χ0n) is 18.4. The number of aromatic nitrogens is 1. The molecule has 7 heteroatoms. The van der Waals surface area contributed by atoms with Gasteiger partial charge >= 0.3 is 6.03 Å². The minimum atomic E-state index is -0.423. The number of para-hydroxylation sites is 1. The Bertz CT molecular complexity index is 1450. The van der Waals surface area contributed by atoms with E-state index in [0.717, 1.165) is 33.2 Å². The number of amides is 3. The number of imide groups is 1. The molecule has 1 saturated heterocycles. The molecule has 34 heavy (non-hydrogen) atoms. The Balaban J connectivity index is 1.46. The van der Waals surface area contributed by atoms with Crippen LogP contribution in [0.15, 0.2) is 78.6 Å². The van der Waals surface area contributed by atoms with Crippen LogP contribution in [0.4, 0.5) is 4.79 Å². The second-order valence-corrected chi connectivity index (χ2v) is 9.17. The smallest absolute Gasteiger partial charge is 0.329 e. The third-order valence-electron chi connectivity index (χ3n) is 5.90. The van der Waals surface area contributed by atoms with Crippen LogP contribution in [0.1, 0.15) is 22.3 Å². The SMILES string of the molecule is Cc1ccc(CN2C(=O)N/C(=C/c3cn(Cc4ccc(Cl)cc4Cl)c4ccccc34)C2=O)cc1. The van der Waals surface area contributed by atoms with Crippen LogP contribution in [-0.2, 0) is 17.9 Å². The van der Waals surface area contributed by atoms with Gasteiger partial charge in [0.1, 0.15) is 5.70 Å². The summed E-state index contributed by atoms with van der Waals surface area (Å²) >= 11 is 12.4. The van der Waals surface area contributed by atoms with Crippen LogP contribution in [0, 0.1) is 6.92 Å². The number of carbonyl (C=O) groups excluding carboxylic acids is 2. The lowest BCUT2D eigenvalue weighted by molar-refractivity contribution is -0.123. The van der Waals surface area contributed by atoms with Gasteiger partial charge in [0.2, 0.25) is 0 Å². The number of halogens is 2. The van der Waals surface area contributed by atoms with Crippen molar-refractivity contribution in [3.05, 3.63) is 111 Å². The highest BCUT2D eigenvalue weighted by Crippen LogP contribution is 2.28. The Hall–Kier alpha value is -3.54. The third kappa shape index (κ3) is 4.32. The van der Waals surface area contributed by atoms with Crippen LogP contribution >= 0.6 is 23.2 Å². The molecule has 0 atom stereocenters. The normalized spacial score (nSPS) is 14.9. The summed E-state index contributed by atoms with van der Waals surface area (Å²) in [6, 6.07) is 20.7. The maximum Gasteiger partial charge on any atom is 0.329 e. The second-order valence-electron chi connectivity index (χ2n) is 8.33. The summed E-state index contributed by atoms with van der Waals surface area (Å²) in [6.07, 6.45) is 3.70. The molecule has 1 aromatic heterocycles. The molecule has 170 valence electrons. The summed E-state index contributed by atoms with van der Waals surface area (Å²) in [5, 5.41) is 4.88.